The summed E-state index contributed by atoms with van der Waals surface area (Å²) >= 11 is 0. The van der Waals surface area contributed by atoms with Crippen molar-refractivity contribution in [1.82, 2.24) is 15.6 Å². The molecular weight excluding hydrogens is 320 g/mol. The van der Waals surface area contributed by atoms with Gasteiger partial charge < -0.3 is 20.7 Å². The van der Waals surface area contributed by atoms with Crippen molar-refractivity contribution >= 4 is 17.6 Å². The molecule has 1 heterocycles. The fourth-order valence-electron chi connectivity index (χ4n) is 2.06. The fourth-order valence-corrected chi connectivity index (χ4v) is 2.06. The van der Waals surface area contributed by atoms with Gasteiger partial charge in [0.05, 0.1) is 0 Å². The van der Waals surface area contributed by atoms with Gasteiger partial charge in [-0.15, -0.1) is 0 Å². The highest BCUT2D eigenvalue weighted by atomic mass is 16.5. The van der Waals surface area contributed by atoms with Gasteiger partial charge in [0.15, 0.2) is 0 Å². The molecule has 1 aromatic heterocycles. The molecule has 0 bridgehead atoms. The first-order valence-corrected chi connectivity index (χ1v) is 8.04. The first-order valence-electron chi connectivity index (χ1n) is 8.04. The fraction of sp³-hybridized carbons (Fsp3) is 0.278. The molecule has 0 atom stereocenters. The van der Waals surface area contributed by atoms with Crippen molar-refractivity contribution in [3.05, 3.63) is 59.9 Å². The van der Waals surface area contributed by atoms with E-state index in [-0.39, 0.29) is 18.5 Å². The van der Waals surface area contributed by atoms with Crippen LogP contribution in [0.2, 0.25) is 0 Å². The summed E-state index contributed by atoms with van der Waals surface area (Å²) in [6, 6.07) is 10.7. The van der Waals surface area contributed by atoms with E-state index in [2.05, 4.69) is 20.9 Å². The average molecular weight is 342 g/mol. The molecule has 0 radical (unpaired) electrons. The second-order valence-corrected chi connectivity index (χ2v) is 5.28. The van der Waals surface area contributed by atoms with Gasteiger partial charge in [-0.05, 0) is 42.3 Å². The van der Waals surface area contributed by atoms with Crippen LogP contribution in [-0.2, 0) is 22.6 Å². The molecule has 0 unspecified atom stereocenters. The summed E-state index contributed by atoms with van der Waals surface area (Å²) in [6.07, 6.45) is 3.36. The number of nitrogens with one attached hydrogen (secondary N) is 3. The lowest BCUT2D eigenvalue weighted by Gasteiger charge is -2.10. The van der Waals surface area contributed by atoms with Crippen molar-refractivity contribution in [3.8, 4) is 0 Å². The van der Waals surface area contributed by atoms with Gasteiger partial charge in [-0.25, -0.2) is 4.79 Å². The normalized spacial score (nSPS) is 10.1. The number of carbonyl (C=O) groups is 2. The predicted octanol–water partition coefficient (Wildman–Crippen LogP) is 2.06. The Bertz CT molecular complexity index is 692. The highest BCUT2D eigenvalue weighted by Gasteiger charge is 2.04. The van der Waals surface area contributed by atoms with Gasteiger partial charge in [0.25, 0.3) is 0 Å². The van der Waals surface area contributed by atoms with Gasteiger partial charge in [-0.2, -0.15) is 0 Å². The predicted molar refractivity (Wildman–Crippen MR) is 94.9 cm³/mol. The molecule has 7 nitrogen and oxygen atoms in total. The first-order chi connectivity index (χ1) is 12.2. The van der Waals surface area contributed by atoms with Crippen molar-refractivity contribution in [2.24, 2.45) is 0 Å². The summed E-state index contributed by atoms with van der Waals surface area (Å²) in [4.78, 5) is 27.4. The summed E-state index contributed by atoms with van der Waals surface area (Å²) in [6.45, 7) is 3.18. The summed E-state index contributed by atoms with van der Waals surface area (Å²) in [7, 11) is 0. The Morgan fingerprint density at radius 3 is 2.56 bits per heavy atom. The van der Waals surface area contributed by atoms with Crippen LogP contribution in [0.1, 0.15) is 18.1 Å². The number of urea groups is 1. The number of aromatic nitrogens is 1. The topological polar surface area (TPSA) is 92.4 Å². The molecule has 0 saturated heterocycles. The standard InChI is InChI=1S/C18H22N4O3/c1-2-25-13-17(23)20-12-15-4-3-5-16(10-15)22-18(24)21-11-14-6-8-19-9-7-14/h3-10H,2,11-13H2,1H3,(H,20,23)(H2,21,22,24). The minimum absolute atomic E-state index is 0.0475. The number of amides is 3. The lowest BCUT2D eigenvalue weighted by molar-refractivity contribution is -0.125. The zero-order chi connectivity index (χ0) is 17.9. The highest BCUT2D eigenvalue weighted by Crippen LogP contribution is 2.10. The molecule has 132 valence electrons. The maximum Gasteiger partial charge on any atom is 0.319 e. The summed E-state index contributed by atoms with van der Waals surface area (Å²) < 4.78 is 5.04. The number of hydrogen-bond donors (Lipinski definition) is 3. The second-order valence-electron chi connectivity index (χ2n) is 5.28. The third-order valence-corrected chi connectivity index (χ3v) is 3.31. The molecule has 0 saturated carbocycles. The third kappa shape index (κ3) is 7.01. The summed E-state index contributed by atoms with van der Waals surface area (Å²) in [5.41, 5.74) is 2.51. The van der Waals surface area contributed by atoms with Crippen LogP contribution in [0.5, 0.6) is 0 Å². The van der Waals surface area contributed by atoms with E-state index in [0.29, 0.717) is 25.4 Å². The Hall–Kier alpha value is -2.93. The van der Waals surface area contributed by atoms with E-state index in [0.717, 1.165) is 11.1 Å². The monoisotopic (exact) mass is 342 g/mol. The number of rotatable bonds is 8. The lowest BCUT2D eigenvalue weighted by Crippen LogP contribution is -2.28. The molecule has 0 fully saturated rings. The summed E-state index contributed by atoms with van der Waals surface area (Å²) in [5, 5.41) is 8.31. The van der Waals surface area contributed by atoms with E-state index >= 15 is 0 Å². The van der Waals surface area contributed by atoms with Gasteiger partial charge in [0.1, 0.15) is 6.61 Å². The van der Waals surface area contributed by atoms with Crippen molar-refractivity contribution in [2.75, 3.05) is 18.5 Å². The maximum atomic E-state index is 12.0. The molecule has 2 rings (SSSR count). The van der Waals surface area contributed by atoms with Crippen LogP contribution >= 0.6 is 0 Å². The second kappa shape index (κ2) is 10.0. The SMILES string of the molecule is CCOCC(=O)NCc1cccc(NC(=O)NCc2ccncc2)c1. The Morgan fingerprint density at radius 2 is 1.80 bits per heavy atom. The van der Waals surface area contributed by atoms with Crippen LogP contribution in [0.4, 0.5) is 10.5 Å². The van der Waals surface area contributed by atoms with E-state index in [1.165, 1.54) is 0 Å². The molecule has 7 heteroatoms. The molecule has 25 heavy (non-hydrogen) atoms. The number of hydrogen-bond acceptors (Lipinski definition) is 4. The van der Waals surface area contributed by atoms with E-state index in [1.807, 2.05) is 37.3 Å². The quantitative estimate of drug-likeness (QED) is 0.685. The van der Waals surface area contributed by atoms with E-state index in [1.54, 1.807) is 18.5 Å². The van der Waals surface area contributed by atoms with Gasteiger partial charge in [0, 0.05) is 37.8 Å². The Balaban J connectivity index is 1.80. The van der Waals surface area contributed by atoms with E-state index in [4.69, 9.17) is 4.74 Å². The van der Waals surface area contributed by atoms with Crippen LogP contribution in [-0.4, -0.2) is 30.1 Å². The zero-order valence-corrected chi connectivity index (χ0v) is 14.1. The van der Waals surface area contributed by atoms with Crippen LogP contribution < -0.4 is 16.0 Å². The van der Waals surface area contributed by atoms with Crippen LogP contribution in [0.25, 0.3) is 0 Å². The van der Waals surface area contributed by atoms with Gasteiger partial charge in [-0.3, -0.25) is 9.78 Å². The minimum Gasteiger partial charge on any atom is -0.372 e. The zero-order valence-electron chi connectivity index (χ0n) is 14.1. The minimum atomic E-state index is -0.297. The van der Waals surface area contributed by atoms with Crippen molar-refractivity contribution in [3.63, 3.8) is 0 Å². The number of pyridine rings is 1. The van der Waals surface area contributed by atoms with Gasteiger partial charge >= 0.3 is 6.03 Å². The van der Waals surface area contributed by atoms with Gasteiger partial charge in [-0.1, -0.05) is 12.1 Å². The number of anilines is 1. The van der Waals surface area contributed by atoms with Crippen molar-refractivity contribution < 1.29 is 14.3 Å². The Labute approximate surface area is 146 Å². The van der Waals surface area contributed by atoms with E-state index in [9.17, 15) is 9.59 Å². The van der Waals surface area contributed by atoms with Crippen LogP contribution in [0, 0.1) is 0 Å². The van der Waals surface area contributed by atoms with Crippen LogP contribution in [0.3, 0.4) is 0 Å². The van der Waals surface area contributed by atoms with Crippen molar-refractivity contribution in [2.45, 2.75) is 20.0 Å². The molecule has 3 amide bonds. The molecule has 3 N–H and O–H groups in total. The number of ether oxygens (including phenoxy) is 1. The first kappa shape index (κ1) is 18.4. The molecule has 0 aliphatic carbocycles. The van der Waals surface area contributed by atoms with E-state index < -0.39 is 0 Å². The molecule has 0 aliphatic heterocycles. The number of carbonyl (C=O) groups excluding carboxylic acids is 2. The Morgan fingerprint density at radius 1 is 1.04 bits per heavy atom. The molecule has 0 aliphatic rings. The number of benzene rings is 1. The highest BCUT2D eigenvalue weighted by molar-refractivity contribution is 5.89. The molecule has 2 aromatic rings. The maximum absolute atomic E-state index is 12.0. The lowest BCUT2D eigenvalue weighted by atomic mass is 10.2. The molecule has 1 aromatic carbocycles. The smallest absolute Gasteiger partial charge is 0.319 e. The Kier molecular flexibility index (Phi) is 7.40. The van der Waals surface area contributed by atoms with Crippen molar-refractivity contribution in [1.29, 1.82) is 0 Å². The average Bonchev–Trinajstić information content (AvgIpc) is 2.64. The third-order valence-electron chi connectivity index (χ3n) is 3.31. The number of nitrogens with zero attached hydrogens (tertiary/aromatic N) is 1. The van der Waals surface area contributed by atoms with Crippen LogP contribution in [0.15, 0.2) is 48.8 Å². The summed E-state index contributed by atoms with van der Waals surface area (Å²) in [5.74, 6) is -0.171. The largest absolute Gasteiger partial charge is 0.372 e. The molecular formula is C18H22N4O3. The molecule has 0 spiro atoms. The van der Waals surface area contributed by atoms with Gasteiger partial charge in [0.2, 0.25) is 5.91 Å².